The van der Waals surface area contributed by atoms with Crippen molar-refractivity contribution in [2.45, 2.75) is 6.54 Å². The first-order valence-corrected chi connectivity index (χ1v) is 6.91. The van der Waals surface area contributed by atoms with Gasteiger partial charge in [0.1, 0.15) is 5.76 Å². The van der Waals surface area contributed by atoms with Crippen molar-refractivity contribution in [2.75, 3.05) is 5.32 Å². The van der Waals surface area contributed by atoms with Gasteiger partial charge in [-0.3, -0.25) is 4.98 Å². The topological polar surface area (TPSA) is 38.1 Å². The van der Waals surface area contributed by atoms with Gasteiger partial charge in [0.25, 0.3) is 0 Å². The van der Waals surface area contributed by atoms with Crippen molar-refractivity contribution >= 4 is 44.1 Å². The summed E-state index contributed by atoms with van der Waals surface area (Å²) in [5.74, 6) is 0.837. The third-order valence-corrected chi connectivity index (χ3v) is 3.72. The van der Waals surface area contributed by atoms with Crippen molar-refractivity contribution in [3.63, 3.8) is 0 Å². The number of aromatic nitrogens is 1. The van der Waals surface area contributed by atoms with Crippen LogP contribution in [0.5, 0.6) is 0 Å². The average Bonchev–Trinajstić information content (AvgIpc) is 2.81. The minimum Gasteiger partial charge on any atom is -0.466 e. The zero-order chi connectivity index (χ0) is 13.2. The molecule has 19 heavy (non-hydrogen) atoms. The predicted octanol–water partition coefficient (Wildman–Crippen LogP) is 4.86. The lowest BCUT2D eigenvalue weighted by Crippen LogP contribution is -2.00. The van der Waals surface area contributed by atoms with Crippen LogP contribution < -0.4 is 5.32 Å². The van der Waals surface area contributed by atoms with Crippen molar-refractivity contribution in [2.24, 2.45) is 0 Å². The molecule has 0 aliphatic heterocycles. The van der Waals surface area contributed by atoms with E-state index in [1.165, 1.54) is 0 Å². The van der Waals surface area contributed by atoms with Gasteiger partial charge in [0.15, 0.2) is 0 Å². The Labute approximate surface area is 123 Å². The fourth-order valence-electron chi connectivity index (χ4n) is 1.92. The van der Waals surface area contributed by atoms with Crippen LogP contribution in [0.1, 0.15) is 5.76 Å². The molecule has 0 saturated carbocycles. The van der Waals surface area contributed by atoms with Crippen LogP contribution in [0.3, 0.4) is 0 Å². The summed E-state index contributed by atoms with van der Waals surface area (Å²) in [5, 5.41) is 4.99. The Balaban J connectivity index is 1.94. The highest BCUT2D eigenvalue weighted by Crippen LogP contribution is 2.27. The molecule has 0 spiro atoms. The summed E-state index contributed by atoms with van der Waals surface area (Å²) in [6, 6.07) is 9.52. The van der Waals surface area contributed by atoms with Crippen molar-refractivity contribution < 1.29 is 4.42 Å². The minimum absolute atomic E-state index is 0.569. The van der Waals surface area contributed by atoms with Gasteiger partial charge in [0.05, 0.1) is 28.5 Å². The SMILES string of the molecule is Clc1cc(NCc2occc2Br)c2ncccc2c1. The van der Waals surface area contributed by atoms with Crippen molar-refractivity contribution in [1.29, 1.82) is 0 Å². The molecule has 0 unspecified atom stereocenters. The molecule has 1 aromatic carbocycles. The quantitative estimate of drug-likeness (QED) is 0.742. The summed E-state index contributed by atoms with van der Waals surface area (Å²) >= 11 is 9.54. The van der Waals surface area contributed by atoms with Crippen LogP contribution in [0.2, 0.25) is 5.02 Å². The Bertz CT molecular complexity index is 726. The molecule has 0 fully saturated rings. The lowest BCUT2D eigenvalue weighted by molar-refractivity contribution is 0.516. The zero-order valence-corrected chi connectivity index (χ0v) is 12.2. The Morgan fingerprint density at radius 2 is 2.21 bits per heavy atom. The van der Waals surface area contributed by atoms with Gasteiger partial charge >= 0.3 is 0 Å². The van der Waals surface area contributed by atoms with E-state index in [2.05, 4.69) is 26.2 Å². The van der Waals surface area contributed by atoms with E-state index in [1.807, 2.05) is 30.3 Å². The fourth-order valence-corrected chi connectivity index (χ4v) is 2.49. The summed E-state index contributed by atoms with van der Waals surface area (Å²) in [7, 11) is 0. The summed E-state index contributed by atoms with van der Waals surface area (Å²) in [4.78, 5) is 4.38. The highest BCUT2D eigenvalue weighted by atomic mass is 79.9. The number of halogens is 2. The van der Waals surface area contributed by atoms with E-state index in [1.54, 1.807) is 12.5 Å². The van der Waals surface area contributed by atoms with Gasteiger partial charge in [-0.15, -0.1) is 0 Å². The molecule has 0 bridgehead atoms. The van der Waals surface area contributed by atoms with Gasteiger partial charge in [-0.25, -0.2) is 0 Å². The number of hydrogen-bond acceptors (Lipinski definition) is 3. The smallest absolute Gasteiger partial charge is 0.136 e. The Morgan fingerprint density at radius 3 is 3.00 bits per heavy atom. The molecule has 0 aliphatic rings. The van der Waals surface area contributed by atoms with Crippen LogP contribution in [0, 0.1) is 0 Å². The van der Waals surface area contributed by atoms with E-state index < -0.39 is 0 Å². The summed E-state index contributed by atoms with van der Waals surface area (Å²) in [6.45, 7) is 0.569. The highest BCUT2D eigenvalue weighted by molar-refractivity contribution is 9.10. The predicted molar refractivity (Wildman–Crippen MR) is 80.5 cm³/mol. The second-order valence-electron chi connectivity index (χ2n) is 4.07. The molecule has 3 rings (SSSR count). The zero-order valence-electron chi connectivity index (χ0n) is 9.86. The highest BCUT2D eigenvalue weighted by Gasteiger charge is 2.07. The number of rotatable bonds is 3. The number of pyridine rings is 1. The largest absolute Gasteiger partial charge is 0.466 e. The van der Waals surface area contributed by atoms with E-state index in [0.29, 0.717) is 11.6 Å². The maximum atomic E-state index is 6.12. The molecule has 0 aliphatic carbocycles. The van der Waals surface area contributed by atoms with Crippen LogP contribution in [-0.2, 0) is 6.54 Å². The summed E-state index contributed by atoms with van der Waals surface area (Å²) in [5.41, 5.74) is 1.79. The van der Waals surface area contributed by atoms with Crippen LogP contribution >= 0.6 is 27.5 Å². The first kappa shape index (κ1) is 12.5. The molecule has 0 amide bonds. The molecule has 0 atom stereocenters. The lowest BCUT2D eigenvalue weighted by atomic mass is 10.2. The van der Waals surface area contributed by atoms with Gasteiger partial charge in [0.2, 0.25) is 0 Å². The van der Waals surface area contributed by atoms with Crippen molar-refractivity contribution in [3.8, 4) is 0 Å². The Hall–Kier alpha value is -1.52. The maximum absolute atomic E-state index is 6.12. The van der Waals surface area contributed by atoms with E-state index >= 15 is 0 Å². The number of nitrogens with zero attached hydrogens (tertiary/aromatic N) is 1. The van der Waals surface area contributed by atoms with E-state index in [9.17, 15) is 0 Å². The number of hydrogen-bond donors (Lipinski definition) is 1. The van der Waals surface area contributed by atoms with Crippen LogP contribution in [0.25, 0.3) is 10.9 Å². The lowest BCUT2D eigenvalue weighted by Gasteiger charge is -2.09. The van der Waals surface area contributed by atoms with E-state index in [-0.39, 0.29) is 0 Å². The molecule has 3 nitrogen and oxygen atoms in total. The molecular weight excluding hydrogens is 328 g/mol. The monoisotopic (exact) mass is 336 g/mol. The standard InChI is InChI=1S/C14H10BrClN2O/c15-11-3-5-19-13(11)8-18-12-7-10(16)6-9-2-1-4-17-14(9)12/h1-7,18H,8H2. The number of nitrogens with one attached hydrogen (secondary N) is 1. The average molecular weight is 338 g/mol. The Kier molecular flexibility index (Phi) is 3.44. The third-order valence-electron chi connectivity index (χ3n) is 2.80. The normalized spacial score (nSPS) is 10.8. The molecule has 2 aromatic heterocycles. The number of fused-ring (bicyclic) bond motifs is 1. The number of furan rings is 1. The summed E-state index contributed by atoms with van der Waals surface area (Å²) in [6.07, 6.45) is 3.42. The molecule has 0 saturated heterocycles. The molecule has 1 N–H and O–H groups in total. The van der Waals surface area contributed by atoms with Crippen LogP contribution in [-0.4, -0.2) is 4.98 Å². The number of benzene rings is 1. The van der Waals surface area contributed by atoms with Gasteiger partial charge in [-0.1, -0.05) is 17.7 Å². The van der Waals surface area contributed by atoms with Gasteiger partial charge in [0, 0.05) is 16.6 Å². The van der Waals surface area contributed by atoms with Crippen molar-refractivity contribution in [1.82, 2.24) is 4.98 Å². The van der Waals surface area contributed by atoms with Gasteiger partial charge in [-0.2, -0.15) is 0 Å². The molecule has 0 radical (unpaired) electrons. The second kappa shape index (κ2) is 5.23. The van der Waals surface area contributed by atoms with E-state index in [0.717, 1.165) is 26.8 Å². The van der Waals surface area contributed by atoms with Crippen LogP contribution in [0.15, 0.2) is 51.7 Å². The number of anilines is 1. The maximum Gasteiger partial charge on any atom is 0.136 e. The van der Waals surface area contributed by atoms with Gasteiger partial charge < -0.3 is 9.73 Å². The van der Waals surface area contributed by atoms with E-state index in [4.69, 9.17) is 16.0 Å². The first-order valence-electron chi connectivity index (χ1n) is 5.74. The minimum atomic E-state index is 0.569. The first-order chi connectivity index (χ1) is 9.24. The molecular formula is C14H10BrClN2O. The molecule has 96 valence electrons. The molecule has 3 aromatic rings. The summed E-state index contributed by atoms with van der Waals surface area (Å²) < 4.78 is 6.31. The van der Waals surface area contributed by atoms with Crippen LogP contribution in [0.4, 0.5) is 5.69 Å². The third kappa shape index (κ3) is 2.60. The molecule has 2 heterocycles. The Morgan fingerprint density at radius 1 is 1.32 bits per heavy atom. The molecule has 5 heteroatoms. The van der Waals surface area contributed by atoms with Crippen molar-refractivity contribution in [3.05, 3.63) is 58.0 Å². The fraction of sp³-hybridized carbons (Fsp3) is 0.0714. The van der Waals surface area contributed by atoms with Gasteiger partial charge in [-0.05, 0) is 40.2 Å². The second-order valence-corrected chi connectivity index (χ2v) is 5.36.